The summed E-state index contributed by atoms with van der Waals surface area (Å²) in [4.78, 5) is 29.0. The van der Waals surface area contributed by atoms with Crippen molar-refractivity contribution in [3.8, 4) is 78.8 Å². The highest BCUT2D eigenvalue weighted by molar-refractivity contribution is 5.96. The van der Waals surface area contributed by atoms with Gasteiger partial charge in [-0.25, -0.2) is 29.9 Å². The lowest BCUT2D eigenvalue weighted by molar-refractivity contribution is 1.17. The topological polar surface area (TPSA) is 77.3 Å². The summed E-state index contributed by atoms with van der Waals surface area (Å²) in [5, 5.41) is 0.992. The fraction of sp³-hybridized carbons (Fsp3) is 0. The Morgan fingerprint density at radius 2 is 0.788 bits per heavy atom. The van der Waals surface area contributed by atoms with Gasteiger partial charge in [0, 0.05) is 58.0 Å². The number of hydrogen-bond donors (Lipinski definition) is 0. The van der Waals surface area contributed by atoms with Gasteiger partial charge < -0.3 is 0 Å². The molecule has 0 radical (unpaired) electrons. The first-order chi connectivity index (χ1) is 25.7. The standard InChI is InChI=1S/C46H30N6/c1-4-11-31(12-5-1)36-21-22-42-41(28-36)43(34-15-8-3-9-16-34)52-46(51-42)39-26-37(33-17-19-35(20-18-33)44-47-23-10-24-48-44)25-38(27-39)45-49-29-40(30-50-45)32-13-6-2-7-14-32/h1-30H. The fourth-order valence-corrected chi connectivity index (χ4v) is 6.45. The number of benzene rings is 6. The van der Waals surface area contributed by atoms with E-state index in [1.165, 1.54) is 0 Å². The van der Waals surface area contributed by atoms with E-state index >= 15 is 0 Å². The summed E-state index contributed by atoms with van der Waals surface area (Å²) in [5.74, 6) is 1.93. The summed E-state index contributed by atoms with van der Waals surface area (Å²) >= 11 is 0. The molecule has 0 bridgehead atoms. The largest absolute Gasteiger partial charge is 0.237 e. The maximum atomic E-state index is 5.28. The van der Waals surface area contributed by atoms with Crippen molar-refractivity contribution in [1.29, 1.82) is 0 Å². The van der Waals surface area contributed by atoms with Gasteiger partial charge in [-0.05, 0) is 64.2 Å². The van der Waals surface area contributed by atoms with Crippen molar-refractivity contribution < 1.29 is 0 Å². The van der Waals surface area contributed by atoms with Crippen molar-refractivity contribution in [2.75, 3.05) is 0 Å². The zero-order valence-corrected chi connectivity index (χ0v) is 28.0. The molecule has 244 valence electrons. The maximum Gasteiger partial charge on any atom is 0.160 e. The Labute approximate surface area is 301 Å². The molecule has 9 rings (SSSR count). The molecule has 0 N–H and O–H groups in total. The van der Waals surface area contributed by atoms with Crippen LogP contribution in [0, 0.1) is 0 Å². The van der Waals surface area contributed by atoms with Crippen molar-refractivity contribution >= 4 is 10.9 Å². The first-order valence-corrected chi connectivity index (χ1v) is 17.1. The zero-order valence-electron chi connectivity index (χ0n) is 28.0. The van der Waals surface area contributed by atoms with Crippen LogP contribution in [0.3, 0.4) is 0 Å². The molecule has 0 saturated carbocycles. The van der Waals surface area contributed by atoms with E-state index in [1.807, 2.05) is 73.1 Å². The first-order valence-electron chi connectivity index (χ1n) is 17.1. The number of rotatable bonds is 7. The molecule has 0 aliphatic carbocycles. The van der Waals surface area contributed by atoms with Gasteiger partial charge in [0.05, 0.1) is 11.2 Å². The van der Waals surface area contributed by atoms with Gasteiger partial charge in [-0.2, -0.15) is 0 Å². The minimum Gasteiger partial charge on any atom is -0.237 e. The van der Waals surface area contributed by atoms with Crippen LogP contribution in [-0.4, -0.2) is 29.9 Å². The average Bonchev–Trinajstić information content (AvgIpc) is 3.24. The third-order valence-corrected chi connectivity index (χ3v) is 9.10. The lowest BCUT2D eigenvalue weighted by Crippen LogP contribution is -1.97. The van der Waals surface area contributed by atoms with Crippen molar-refractivity contribution in [1.82, 2.24) is 29.9 Å². The monoisotopic (exact) mass is 666 g/mol. The molecule has 0 atom stereocenters. The molecule has 9 aromatic rings. The van der Waals surface area contributed by atoms with E-state index in [1.54, 1.807) is 12.4 Å². The molecule has 6 heteroatoms. The molecule has 6 nitrogen and oxygen atoms in total. The SMILES string of the molecule is c1ccc(-c2cnc(-c3cc(-c4ccc(-c5ncccn5)cc4)cc(-c4nc(-c5ccccc5)c5cc(-c6ccccc6)ccc5n4)c3)nc2)cc1. The summed E-state index contributed by atoms with van der Waals surface area (Å²) in [6.07, 6.45) is 7.27. The van der Waals surface area contributed by atoms with E-state index in [0.717, 1.165) is 72.2 Å². The highest BCUT2D eigenvalue weighted by Crippen LogP contribution is 2.36. The van der Waals surface area contributed by atoms with Crippen molar-refractivity contribution in [3.63, 3.8) is 0 Å². The van der Waals surface area contributed by atoms with Gasteiger partial charge in [0.25, 0.3) is 0 Å². The van der Waals surface area contributed by atoms with E-state index in [4.69, 9.17) is 19.9 Å². The van der Waals surface area contributed by atoms with Crippen molar-refractivity contribution in [2.24, 2.45) is 0 Å². The second-order valence-electron chi connectivity index (χ2n) is 12.5. The van der Waals surface area contributed by atoms with Gasteiger partial charge in [-0.1, -0.05) is 121 Å². The van der Waals surface area contributed by atoms with Gasteiger partial charge in [0.1, 0.15) is 0 Å². The molecular weight excluding hydrogens is 637 g/mol. The van der Waals surface area contributed by atoms with Crippen LogP contribution >= 0.6 is 0 Å². The molecule has 52 heavy (non-hydrogen) atoms. The van der Waals surface area contributed by atoms with Crippen molar-refractivity contribution in [2.45, 2.75) is 0 Å². The van der Waals surface area contributed by atoms with Crippen LogP contribution in [0.25, 0.3) is 89.7 Å². The molecule has 0 saturated heterocycles. The molecule has 0 spiro atoms. The van der Waals surface area contributed by atoms with Crippen molar-refractivity contribution in [3.05, 3.63) is 183 Å². The highest BCUT2D eigenvalue weighted by Gasteiger charge is 2.16. The molecule has 6 aromatic carbocycles. The number of fused-ring (bicyclic) bond motifs is 1. The van der Waals surface area contributed by atoms with Crippen LogP contribution < -0.4 is 0 Å². The van der Waals surface area contributed by atoms with E-state index in [9.17, 15) is 0 Å². The third-order valence-electron chi connectivity index (χ3n) is 9.10. The maximum absolute atomic E-state index is 5.28. The molecular formula is C46H30N6. The van der Waals surface area contributed by atoms with E-state index in [0.29, 0.717) is 17.5 Å². The van der Waals surface area contributed by atoms with Gasteiger partial charge in [-0.15, -0.1) is 0 Å². The Kier molecular flexibility index (Phi) is 8.08. The Bertz CT molecular complexity index is 2530. The van der Waals surface area contributed by atoms with Gasteiger partial charge >= 0.3 is 0 Å². The average molecular weight is 667 g/mol. The van der Waals surface area contributed by atoms with Gasteiger partial charge in [0.2, 0.25) is 0 Å². The van der Waals surface area contributed by atoms with Gasteiger partial charge in [-0.3, -0.25) is 0 Å². The van der Waals surface area contributed by atoms with Crippen LogP contribution in [0.1, 0.15) is 0 Å². The van der Waals surface area contributed by atoms with Crippen LogP contribution in [0.5, 0.6) is 0 Å². The molecule has 0 aliphatic heterocycles. The summed E-state index contributed by atoms with van der Waals surface area (Å²) in [5.41, 5.74) is 11.8. The normalized spacial score (nSPS) is 11.1. The first kappa shape index (κ1) is 30.8. The summed E-state index contributed by atoms with van der Waals surface area (Å²) in [6.45, 7) is 0. The molecule has 0 aliphatic rings. The second kappa shape index (κ2) is 13.6. The predicted molar refractivity (Wildman–Crippen MR) is 209 cm³/mol. The quantitative estimate of drug-likeness (QED) is 0.168. The number of hydrogen-bond acceptors (Lipinski definition) is 6. The highest BCUT2D eigenvalue weighted by atomic mass is 14.9. The van der Waals surface area contributed by atoms with Crippen LogP contribution in [-0.2, 0) is 0 Å². The van der Waals surface area contributed by atoms with Crippen LogP contribution in [0.2, 0.25) is 0 Å². The van der Waals surface area contributed by atoms with Gasteiger partial charge in [0.15, 0.2) is 17.5 Å². The smallest absolute Gasteiger partial charge is 0.160 e. The number of aromatic nitrogens is 6. The van der Waals surface area contributed by atoms with Crippen LogP contribution in [0.4, 0.5) is 0 Å². The molecule has 0 fully saturated rings. The minimum absolute atomic E-state index is 0.619. The van der Waals surface area contributed by atoms with E-state index < -0.39 is 0 Å². The van der Waals surface area contributed by atoms with E-state index in [2.05, 4.69) is 107 Å². The Hall–Kier alpha value is -7.18. The summed E-state index contributed by atoms with van der Waals surface area (Å²) in [7, 11) is 0. The summed E-state index contributed by atoms with van der Waals surface area (Å²) in [6, 6.07) is 53.8. The minimum atomic E-state index is 0.619. The molecule has 3 heterocycles. The molecule has 3 aromatic heterocycles. The Balaban J connectivity index is 1.20. The fourth-order valence-electron chi connectivity index (χ4n) is 6.45. The zero-order chi connectivity index (χ0) is 34.7. The molecule has 0 unspecified atom stereocenters. The lowest BCUT2D eigenvalue weighted by atomic mass is 9.97. The van der Waals surface area contributed by atoms with E-state index in [-0.39, 0.29) is 0 Å². The summed E-state index contributed by atoms with van der Waals surface area (Å²) < 4.78 is 0. The second-order valence-corrected chi connectivity index (χ2v) is 12.5. The van der Waals surface area contributed by atoms with Crippen LogP contribution in [0.15, 0.2) is 183 Å². The Morgan fingerprint density at radius 1 is 0.288 bits per heavy atom. The third kappa shape index (κ3) is 6.21. The molecule has 0 amide bonds. The predicted octanol–water partition coefficient (Wildman–Crippen LogP) is 10.9. The lowest BCUT2D eigenvalue weighted by Gasteiger charge is -2.13. The number of nitrogens with zero attached hydrogens (tertiary/aromatic N) is 6. The Morgan fingerprint density at radius 3 is 1.44 bits per heavy atom.